The molecule has 2 aromatic heterocycles. The summed E-state index contributed by atoms with van der Waals surface area (Å²) < 4.78 is 39.8. The van der Waals surface area contributed by atoms with Crippen molar-refractivity contribution in [1.29, 1.82) is 0 Å². The summed E-state index contributed by atoms with van der Waals surface area (Å²) in [5, 5.41) is 16.6. The Kier molecular flexibility index (Phi) is 8.41. The second-order valence-electron chi connectivity index (χ2n) is 11.6. The number of carbonyl (C=O) groups is 1. The van der Waals surface area contributed by atoms with Gasteiger partial charge in [-0.05, 0) is 87.0 Å². The highest BCUT2D eigenvalue weighted by molar-refractivity contribution is 5.98. The zero-order valence-electron chi connectivity index (χ0n) is 24.0. The first kappa shape index (κ1) is 29.8. The van der Waals surface area contributed by atoms with E-state index in [1.165, 1.54) is 39.0 Å². The molecule has 0 amide bonds. The number of nitrogens with two attached hydrogens (primary N) is 1. The molecule has 4 N–H and O–H groups in total. The van der Waals surface area contributed by atoms with Gasteiger partial charge in [0.05, 0.1) is 11.4 Å². The van der Waals surface area contributed by atoms with E-state index in [2.05, 4.69) is 24.9 Å². The summed E-state index contributed by atoms with van der Waals surface area (Å²) in [4.78, 5) is 20.6. The molecule has 2 unspecified atom stereocenters. The lowest BCUT2D eigenvalue weighted by Gasteiger charge is -2.35. The van der Waals surface area contributed by atoms with Crippen LogP contribution in [0.4, 0.5) is 19.0 Å². The van der Waals surface area contributed by atoms with E-state index in [9.17, 15) is 13.2 Å². The molecule has 0 spiro atoms. The van der Waals surface area contributed by atoms with E-state index in [0.29, 0.717) is 17.9 Å². The van der Waals surface area contributed by atoms with Gasteiger partial charge in [0.15, 0.2) is 5.65 Å². The summed E-state index contributed by atoms with van der Waals surface area (Å²) in [6.07, 6.45) is 1.11. The number of nitrogens with one attached hydrogen (secondary N) is 1. The van der Waals surface area contributed by atoms with Gasteiger partial charge in [0, 0.05) is 24.7 Å². The number of benzene rings is 2. The Morgan fingerprint density at radius 3 is 2.11 bits per heavy atom. The first-order valence-electron chi connectivity index (χ1n) is 14.7. The van der Waals surface area contributed by atoms with Gasteiger partial charge < -0.3 is 20.9 Å². The van der Waals surface area contributed by atoms with Crippen LogP contribution in [0, 0.1) is 11.8 Å². The van der Waals surface area contributed by atoms with Gasteiger partial charge in [-0.1, -0.05) is 18.2 Å². The highest BCUT2D eigenvalue weighted by Crippen LogP contribution is 2.39. The number of hydrogen-bond acceptors (Lipinski definition) is 8. The van der Waals surface area contributed by atoms with Crippen LogP contribution in [0.3, 0.4) is 0 Å². The van der Waals surface area contributed by atoms with Crippen molar-refractivity contribution in [2.75, 3.05) is 31.9 Å². The van der Waals surface area contributed by atoms with Gasteiger partial charge in [-0.15, -0.1) is 0 Å². The van der Waals surface area contributed by atoms with E-state index in [4.69, 9.17) is 25.5 Å². The van der Waals surface area contributed by atoms with Crippen LogP contribution < -0.4 is 15.8 Å². The molecule has 13 heteroatoms. The van der Waals surface area contributed by atoms with E-state index >= 15 is 0 Å². The molecule has 44 heavy (non-hydrogen) atoms. The number of aliphatic carboxylic acids is 1. The van der Waals surface area contributed by atoms with Gasteiger partial charge in [0.25, 0.3) is 0 Å². The Labute approximate surface area is 252 Å². The number of para-hydroxylation sites is 1. The highest BCUT2D eigenvalue weighted by Gasteiger charge is 2.40. The third-order valence-corrected chi connectivity index (χ3v) is 8.81. The number of carboxylic acid groups (broad SMARTS) is 1. The number of carboxylic acids is 1. The lowest BCUT2D eigenvalue weighted by molar-refractivity contribution is -0.192. The minimum absolute atomic E-state index is 0.325. The fourth-order valence-corrected chi connectivity index (χ4v) is 6.62. The number of fused-ring (bicyclic) bond motifs is 2. The average Bonchev–Trinajstić information content (AvgIpc) is 3.73. The van der Waals surface area contributed by atoms with Crippen LogP contribution in [-0.4, -0.2) is 74.1 Å². The number of ether oxygens (including phenoxy) is 1. The number of halogens is 3. The minimum Gasteiger partial charge on any atom is -0.475 e. The highest BCUT2D eigenvalue weighted by atomic mass is 19.4. The summed E-state index contributed by atoms with van der Waals surface area (Å²) >= 11 is 0. The maximum atomic E-state index is 10.6. The van der Waals surface area contributed by atoms with Gasteiger partial charge >= 0.3 is 12.1 Å². The second-order valence-corrected chi connectivity index (χ2v) is 11.6. The number of rotatable bonds is 5. The lowest BCUT2D eigenvalue weighted by atomic mass is 9.90. The summed E-state index contributed by atoms with van der Waals surface area (Å²) in [5.74, 6) is 1.00. The molecule has 1 saturated carbocycles. The molecule has 10 nitrogen and oxygen atoms in total. The zero-order chi connectivity index (χ0) is 30.8. The van der Waals surface area contributed by atoms with Crippen LogP contribution >= 0.6 is 0 Å². The third kappa shape index (κ3) is 6.34. The van der Waals surface area contributed by atoms with Crippen molar-refractivity contribution in [2.45, 2.75) is 43.9 Å². The molecule has 3 fully saturated rings. The normalized spacial score (nSPS) is 23.6. The smallest absolute Gasteiger partial charge is 0.475 e. The number of anilines is 1. The molecular formula is C31H34F3N7O3. The number of hydrogen-bond donors (Lipinski definition) is 3. The molecule has 4 aromatic rings. The van der Waals surface area contributed by atoms with E-state index in [1.54, 1.807) is 6.33 Å². The topological polar surface area (TPSA) is 131 Å². The first-order valence-corrected chi connectivity index (χ1v) is 14.7. The number of likely N-dealkylation sites (tertiary alicyclic amines) is 1. The molecular weight excluding hydrogens is 575 g/mol. The van der Waals surface area contributed by atoms with Crippen molar-refractivity contribution < 1.29 is 27.8 Å². The summed E-state index contributed by atoms with van der Waals surface area (Å²) in [6.45, 7) is 4.91. The van der Waals surface area contributed by atoms with Crippen molar-refractivity contribution in [3.05, 3.63) is 60.9 Å². The Bertz CT molecular complexity index is 1580. The largest absolute Gasteiger partial charge is 0.490 e. The Morgan fingerprint density at radius 2 is 1.50 bits per heavy atom. The van der Waals surface area contributed by atoms with E-state index in [-0.39, 0.29) is 0 Å². The molecule has 232 valence electrons. The standard InChI is InChI=1S/C29H33N7O.C2HF3O2/c30-28-26-27(19-6-12-25(13-7-19)37-24-4-2-1-3-5-24)34-36(29(26)33-18-32-28)23-10-8-22(9-11-23)35-16-20-14-31-15-21(20)17-35;3-2(4,5)1(6)7/h1-7,12-13,18,20-23,31H,8-11,14-17H2,(H2,30,32,33);(H,6,7). The molecule has 7 rings (SSSR count). The molecule has 3 aliphatic rings. The summed E-state index contributed by atoms with van der Waals surface area (Å²) in [5.41, 5.74) is 9.03. The van der Waals surface area contributed by atoms with Crippen molar-refractivity contribution in [3.8, 4) is 22.8 Å². The maximum Gasteiger partial charge on any atom is 0.490 e. The van der Waals surface area contributed by atoms with E-state index in [1.807, 2.05) is 54.6 Å². The van der Waals surface area contributed by atoms with Crippen LogP contribution in [0.15, 0.2) is 60.9 Å². The van der Waals surface area contributed by atoms with Crippen LogP contribution in [0.2, 0.25) is 0 Å². The van der Waals surface area contributed by atoms with E-state index < -0.39 is 12.1 Å². The molecule has 0 bridgehead atoms. The van der Waals surface area contributed by atoms with Crippen molar-refractivity contribution in [2.24, 2.45) is 11.8 Å². The number of nitrogens with zero attached hydrogens (tertiary/aromatic N) is 5. The van der Waals surface area contributed by atoms with Crippen LogP contribution in [0.1, 0.15) is 31.7 Å². The predicted molar refractivity (Wildman–Crippen MR) is 158 cm³/mol. The zero-order valence-corrected chi connectivity index (χ0v) is 24.0. The van der Waals surface area contributed by atoms with Crippen molar-refractivity contribution >= 4 is 22.8 Å². The van der Waals surface area contributed by atoms with Crippen LogP contribution in [0.25, 0.3) is 22.3 Å². The van der Waals surface area contributed by atoms with Crippen LogP contribution in [0.5, 0.6) is 11.5 Å². The molecule has 2 saturated heterocycles. The summed E-state index contributed by atoms with van der Waals surface area (Å²) in [6, 6.07) is 18.8. The molecule has 4 heterocycles. The Balaban J connectivity index is 0.000000441. The number of alkyl halides is 3. The predicted octanol–water partition coefficient (Wildman–Crippen LogP) is 5.14. The van der Waals surface area contributed by atoms with Gasteiger partial charge in [-0.25, -0.2) is 19.4 Å². The van der Waals surface area contributed by atoms with Gasteiger partial charge in [0.2, 0.25) is 0 Å². The Hall–Kier alpha value is -4.23. The van der Waals surface area contributed by atoms with Crippen molar-refractivity contribution in [1.82, 2.24) is 30.0 Å². The fourth-order valence-electron chi connectivity index (χ4n) is 6.62. The molecule has 2 atom stereocenters. The molecule has 2 aromatic carbocycles. The first-order chi connectivity index (χ1) is 21.2. The molecule has 1 aliphatic carbocycles. The fraction of sp³-hybridized carbons (Fsp3) is 0.419. The van der Waals surface area contributed by atoms with Crippen LogP contribution in [-0.2, 0) is 4.79 Å². The van der Waals surface area contributed by atoms with Crippen molar-refractivity contribution in [3.63, 3.8) is 0 Å². The van der Waals surface area contributed by atoms with Gasteiger partial charge in [-0.2, -0.15) is 18.3 Å². The van der Waals surface area contributed by atoms with Gasteiger partial charge in [0.1, 0.15) is 29.3 Å². The molecule has 2 aliphatic heterocycles. The maximum absolute atomic E-state index is 10.6. The molecule has 0 radical (unpaired) electrons. The average molecular weight is 610 g/mol. The lowest BCUT2D eigenvalue weighted by Crippen LogP contribution is -2.38. The second kappa shape index (κ2) is 12.4. The third-order valence-electron chi connectivity index (χ3n) is 8.81. The van der Waals surface area contributed by atoms with Gasteiger partial charge in [-0.3, -0.25) is 4.90 Å². The quantitative estimate of drug-likeness (QED) is 0.282. The number of nitrogen functional groups attached to an aromatic ring is 1. The Morgan fingerprint density at radius 1 is 0.909 bits per heavy atom. The minimum atomic E-state index is -5.08. The SMILES string of the molecule is Nc1ncnc2c1c(-c1ccc(Oc3ccccc3)cc1)nn2C1CCC(N2CC3CNCC3C2)CC1.O=C(O)C(F)(F)F. The number of aromatic nitrogens is 4. The van der Waals surface area contributed by atoms with E-state index in [0.717, 1.165) is 58.5 Å². The monoisotopic (exact) mass is 609 g/mol. The summed E-state index contributed by atoms with van der Waals surface area (Å²) in [7, 11) is 0.